The Labute approximate surface area is 125 Å². The van der Waals surface area contributed by atoms with E-state index in [2.05, 4.69) is 5.32 Å². The van der Waals surface area contributed by atoms with Gasteiger partial charge in [0.1, 0.15) is 12.4 Å². The number of halogens is 4. The van der Waals surface area contributed by atoms with Gasteiger partial charge in [-0.05, 0) is 55.6 Å². The van der Waals surface area contributed by atoms with Crippen LogP contribution in [-0.4, -0.2) is 19.1 Å². The summed E-state index contributed by atoms with van der Waals surface area (Å²) in [7, 11) is 0. The first-order chi connectivity index (χ1) is 10.3. The van der Waals surface area contributed by atoms with E-state index in [1.165, 1.54) is 0 Å². The molecule has 122 valence electrons. The molecule has 0 spiro atoms. The minimum atomic E-state index is -4.63. The van der Waals surface area contributed by atoms with E-state index in [-0.39, 0.29) is 24.5 Å². The number of esters is 1. The van der Waals surface area contributed by atoms with Crippen LogP contribution in [0, 0.1) is 11.7 Å². The molecule has 2 rings (SSSR count). The molecule has 0 aliphatic carbocycles. The number of carbonyl (C=O) groups excluding carboxylic acids is 1. The van der Waals surface area contributed by atoms with Gasteiger partial charge in [0.05, 0.1) is 5.56 Å². The molecule has 1 aliphatic rings. The Kier molecular flexibility index (Phi) is 5.39. The summed E-state index contributed by atoms with van der Waals surface area (Å²) in [6, 6.07) is 2.15. The molecule has 1 aromatic carbocycles. The fraction of sp³-hybridized carbons (Fsp3) is 0.533. The monoisotopic (exact) mass is 319 g/mol. The molecule has 0 bridgehead atoms. The van der Waals surface area contributed by atoms with E-state index in [0.717, 1.165) is 38.1 Å². The van der Waals surface area contributed by atoms with Gasteiger partial charge in [0.2, 0.25) is 0 Å². The Morgan fingerprint density at radius 1 is 1.23 bits per heavy atom. The number of nitrogens with one attached hydrogen (secondary N) is 1. The minimum absolute atomic E-state index is 0.00835. The predicted molar refractivity (Wildman–Crippen MR) is 71.4 cm³/mol. The van der Waals surface area contributed by atoms with Crippen molar-refractivity contribution in [3.63, 3.8) is 0 Å². The maximum atomic E-state index is 13.2. The third kappa shape index (κ3) is 4.98. The molecule has 1 N–H and O–H groups in total. The largest absolute Gasteiger partial charge is 0.461 e. The molecule has 1 fully saturated rings. The highest BCUT2D eigenvalue weighted by atomic mass is 19.4. The molecule has 0 unspecified atom stereocenters. The van der Waals surface area contributed by atoms with E-state index >= 15 is 0 Å². The second kappa shape index (κ2) is 7.09. The lowest BCUT2D eigenvalue weighted by Gasteiger charge is -2.21. The summed E-state index contributed by atoms with van der Waals surface area (Å²) in [4.78, 5) is 11.7. The molecule has 0 amide bonds. The van der Waals surface area contributed by atoms with E-state index in [4.69, 9.17) is 4.74 Å². The minimum Gasteiger partial charge on any atom is -0.461 e. The number of hydrogen-bond donors (Lipinski definition) is 1. The summed E-state index contributed by atoms with van der Waals surface area (Å²) in [5, 5.41) is 3.17. The summed E-state index contributed by atoms with van der Waals surface area (Å²) in [5.41, 5.74) is -1.09. The van der Waals surface area contributed by atoms with E-state index in [0.29, 0.717) is 6.07 Å². The summed E-state index contributed by atoms with van der Waals surface area (Å²) in [6.07, 6.45) is -2.65. The molecule has 22 heavy (non-hydrogen) atoms. The summed E-state index contributed by atoms with van der Waals surface area (Å²) in [5.74, 6) is -1.24. The Morgan fingerprint density at radius 3 is 2.55 bits per heavy atom. The van der Waals surface area contributed by atoms with Crippen LogP contribution >= 0.6 is 0 Å². The van der Waals surface area contributed by atoms with Crippen LogP contribution in [0.4, 0.5) is 17.6 Å². The standard InChI is InChI=1S/C15H17F4NO2/c16-13-6-11(5-12(8-13)15(17,18)19)9-22-14(21)7-10-1-3-20-4-2-10/h5-6,8,10,20H,1-4,7,9H2. The molecule has 0 radical (unpaired) electrons. The first-order valence-electron chi connectivity index (χ1n) is 7.07. The van der Waals surface area contributed by atoms with Crippen LogP contribution < -0.4 is 5.32 Å². The SMILES string of the molecule is O=C(CC1CCNCC1)OCc1cc(F)cc(C(F)(F)F)c1. The van der Waals surface area contributed by atoms with Gasteiger partial charge in [0.25, 0.3) is 0 Å². The number of alkyl halides is 3. The molecule has 1 heterocycles. The van der Waals surface area contributed by atoms with Crippen molar-refractivity contribution in [1.82, 2.24) is 5.32 Å². The first kappa shape index (κ1) is 16.7. The van der Waals surface area contributed by atoms with Gasteiger partial charge in [-0.2, -0.15) is 13.2 Å². The Morgan fingerprint density at radius 2 is 1.91 bits per heavy atom. The quantitative estimate of drug-likeness (QED) is 0.684. The molecule has 7 heteroatoms. The maximum Gasteiger partial charge on any atom is 0.416 e. The number of rotatable bonds is 4. The fourth-order valence-electron chi connectivity index (χ4n) is 2.44. The van der Waals surface area contributed by atoms with E-state index in [9.17, 15) is 22.4 Å². The zero-order chi connectivity index (χ0) is 16.2. The summed E-state index contributed by atoms with van der Waals surface area (Å²) < 4.78 is 55.9. The van der Waals surface area contributed by atoms with Crippen molar-refractivity contribution >= 4 is 5.97 Å². The van der Waals surface area contributed by atoms with Gasteiger partial charge in [0.15, 0.2) is 0 Å². The van der Waals surface area contributed by atoms with Gasteiger partial charge in [-0.1, -0.05) is 0 Å². The van der Waals surface area contributed by atoms with Crippen molar-refractivity contribution in [2.75, 3.05) is 13.1 Å². The highest BCUT2D eigenvalue weighted by Crippen LogP contribution is 2.30. The van der Waals surface area contributed by atoms with Crippen molar-refractivity contribution in [3.05, 3.63) is 35.1 Å². The number of ether oxygens (including phenoxy) is 1. The molecule has 1 aromatic rings. The zero-order valence-corrected chi connectivity index (χ0v) is 11.9. The van der Waals surface area contributed by atoms with Gasteiger partial charge in [-0.25, -0.2) is 4.39 Å². The topological polar surface area (TPSA) is 38.3 Å². The Bertz CT molecular complexity index is 525. The second-order valence-electron chi connectivity index (χ2n) is 5.40. The summed E-state index contributed by atoms with van der Waals surface area (Å²) >= 11 is 0. The van der Waals surface area contributed by atoms with Gasteiger partial charge < -0.3 is 10.1 Å². The van der Waals surface area contributed by atoms with Crippen LogP contribution in [0.5, 0.6) is 0 Å². The Hall–Kier alpha value is -1.63. The fourth-order valence-corrected chi connectivity index (χ4v) is 2.44. The lowest BCUT2D eigenvalue weighted by atomic mass is 9.95. The molecule has 1 aliphatic heterocycles. The van der Waals surface area contributed by atoms with E-state index in [1.54, 1.807) is 0 Å². The van der Waals surface area contributed by atoms with Crippen molar-refractivity contribution in [2.45, 2.75) is 32.0 Å². The number of hydrogen-bond acceptors (Lipinski definition) is 3. The van der Waals surface area contributed by atoms with E-state index < -0.39 is 23.5 Å². The lowest BCUT2D eigenvalue weighted by molar-refractivity contribution is -0.146. The second-order valence-corrected chi connectivity index (χ2v) is 5.40. The molecular formula is C15H17F4NO2. The number of benzene rings is 1. The molecule has 3 nitrogen and oxygen atoms in total. The van der Waals surface area contributed by atoms with Gasteiger partial charge in [-0.15, -0.1) is 0 Å². The van der Waals surface area contributed by atoms with E-state index in [1.807, 2.05) is 0 Å². The van der Waals surface area contributed by atoms with Crippen LogP contribution in [0.15, 0.2) is 18.2 Å². The first-order valence-corrected chi connectivity index (χ1v) is 7.07. The molecule has 0 saturated carbocycles. The summed E-state index contributed by atoms with van der Waals surface area (Å²) in [6.45, 7) is 1.33. The van der Waals surface area contributed by atoms with Gasteiger partial charge >= 0.3 is 12.1 Å². The van der Waals surface area contributed by atoms with Gasteiger partial charge in [-0.3, -0.25) is 4.79 Å². The van der Waals surface area contributed by atoms with Crippen molar-refractivity contribution in [2.24, 2.45) is 5.92 Å². The van der Waals surface area contributed by atoms with Crippen LogP contribution in [0.25, 0.3) is 0 Å². The maximum absolute atomic E-state index is 13.2. The van der Waals surface area contributed by atoms with Crippen LogP contribution in [0.2, 0.25) is 0 Å². The van der Waals surface area contributed by atoms with Crippen molar-refractivity contribution in [1.29, 1.82) is 0 Å². The smallest absolute Gasteiger partial charge is 0.416 e. The molecular weight excluding hydrogens is 302 g/mol. The highest BCUT2D eigenvalue weighted by Gasteiger charge is 2.31. The molecule has 0 aromatic heterocycles. The average Bonchev–Trinajstić information content (AvgIpc) is 2.45. The van der Waals surface area contributed by atoms with Crippen LogP contribution in [-0.2, 0) is 22.3 Å². The normalized spacial score (nSPS) is 16.5. The van der Waals surface area contributed by atoms with Crippen LogP contribution in [0.3, 0.4) is 0 Å². The van der Waals surface area contributed by atoms with Crippen molar-refractivity contribution < 1.29 is 27.1 Å². The third-order valence-electron chi connectivity index (χ3n) is 3.60. The predicted octanol–water partition coefficient (Wildman–Crippen LogP) is 3.28. The third-order valence-corrected chi connectivity index (χ3v) is 3.60. The zero-order valence-electron chi connectivity index (χ0n) is 11.9. The van der Waals surface area contributed by atoms with Crippen LogP contribution in [0.1, 0.15) is 30.4 Å². The van der Waals surface area contributed by atoms with Gasteiger partial charge in [0, 0.05) is 6.42 Å². The van der Waals surface area contributed by atoms with Crippen molar-refractivity contribution in [3.8, 4) is 0 Å². The number of piperidine rings is 1. The molecule has 0 atom stereocenters. The highest BCUT2D eigenvalue weighted by molar-refractivity contribution is 5.69. The lowest BCUT2D eigenvalue weighted by Crippen LogP contribution is -2.29. The molecule has 1 saturated heterocycles. The number of carbonyl (C=O) groups is 1. The average molecular weight is 319 g/mol. The Balaban J connectivity index is 1.90.